The molecule has 0 aliphatic rings. The molecule has 2 rings (SSSR count). The third kappa shape index (κ3) is 1.68. The van der Waals surface area contributed by atoms with Crippen LogP contribution in [0.2, 0.25) is 5.02 Å². The van der Waals surface area contributed by atoms with Crippen LogP contribution in [0.5, 0.6) is 0 Å². The van der Waals surface area contributed by atoms with Crippen LogP contribution in [0.4, 0.5) is 5.69 Å². The molecule has 1 N–H and O–H groups in total. The lowest BCUT2D eigenvalue weighted by molar-refractivity contribution is 1.21. The first-order valence-electron chi connectivity index (χ1n) is 4.99. The first-order chi connectivity index (χ1) is 7.77. The predicted molar refractivity (Wildman–Crippen MR) is 65.6 cm³/mol. The third-order valence-electron chi connectivity index (χ3n) is 2.32. The zero-order valence-electron chi connectivity index (χ0n) is 8.79. The van der Waals surface area contributed by atoms with Gasteiger partial charge in [-0.1, -0.05) is 23.7 Å². The van der Waals surface area contributed by atoms with E-state index in [-0.39, 0.29) is 0 Å². The minimum atomic E-state index is 0.539. The molecular weight excluding hydrogens is 222 g/mol. The van der Waals surface area contributed by atoms with E-state index >= 15 is 0 Å². The lowest BCUT2D eigenvalue weighted by Gasteiger charge is -2.09. The number of benzene rings is 1. The third-order valence-corrected chi connectivity index (χ3v) is 2.63. The fraction of sp³-hybridized carbons (Fsp3) is 0.167. The van der Waals surface area contributed by atoms with E-state index in [4.69, 9.17) is 16.9 Å². The van der Waals surface area contributed by atoms with Crippen molar-refractivity contribution < 1.29 is 0 Å². The number of rotatable bonds is 2. The number of halogens is 1. The first-order valence-corrected chi connectivity index (χ1v) is 5.37. The number of fused-ring (bicyclic) bond motifs is 1. The van der Waals surface area contributed by atoms with Crippen LogP contribution in [-0.2, 0) is 0 Å². The molecular formula is C12H10ClN3. The number of nitrogens with one attached hydrogen (secondary N) is 1. The molecule has 0 atom stereocenters. The first kappa shape index (κ1) is 10.7. The highest BCUT2D eigenvalue weighted by molar-refractivity contribution is 6.35. The molecule has 4 heteroatoms. The fourth-order valence-electron chi connectivity index (χ4n) is 1.64. The largest absolute Gasteiger partial charge is 0.384 e. The van der Waals surface area contributed by atoms with Crippen molar-refractivity contribution in [1.29, 1.82) is 5.26 Å². The second-order valence-electron chi connectivity index (χ2n) is 3.33. The number of aromatic nitrogens is 1. The Labute approximate surface area is 98.7 Å². The highest BCUT2D eigenvalue weighted by atomic mass is 35.5. The van der Waals surface area contributed by atoms with E-state index < -0.39 is 0 Å². The van der Waals surface area contributed by atoms with Gasteiger partial charge >= 0.3 is 0 Å². The molecule has 0 amide bonds. The zero-order valence-corrected chi connectivity index (χ0v) is 9.54. The van der Waals surface area contributed by atoms with Crippen LogP contribution < -0.4 is 5.32 Å². The van der Waals surface area contributed by atoms with Crippen LogP contribution in [-0.4, -0.2) is 11.5 Å². The van der Waals surface area contributed by atoms with Crippen molar-refractivity contribution in [1.82, 2.24) is 4.98 Å². The predicted octanol–water partition coefficient (Wildman–Crippen LogP) is 3.19. The maximum Gasteiger partial charge on any atom is 0.103 e. The van der Waals surface area contributed by atoms with Crippen molar-refractivity contribution >= 4 is 28.2 Å². The molecule has 0 bridgehead atoms. The van der Waals surface area contributed by atoms with Crippen molar-refractivity contribution in [2.45, 2.75) is 6.92 Å². The summed E-state index contributed by atoms with van der Waals surface area (Å²) in [5.74, 6) is 0. The molecule has 0 saturated carbocycles. The number of nitriles is 1. The second-order valence-corrected chi connectivity index (χ2v) is 3.73. The summed E-state index contributed by atoms with van der Waals surface area (Å²) in [6, 6.07) is 7.68. The summed E-state index contributed by atoms with van der Waals surface area (Å²) in [5.41, 5.74) is 2.06. The molecule has 0 aliphatic carbocycles. The van der Waals surface area contributed by atoms with Crippen LogP contribution in [0, 0.1) is 11.3 Å². The molecule has 1 aromatic heterocycles. The van der Waals surface area contributed by atoms with Crippen molar-refractivity contribution in [3.05, 3.63) is 35.0 Å². The number of hydrogen-bond acceptors (Lipinski definition) is 3. The summed E-state index contributed by atoms with van der Waals surface area (Å²) in [5, 5.41) is 13.7. The van der Waals surface area contributed by atoms with E-state index in [0.29, 0.717) is 10.6 Å². The molecule has 0 radical (unpaired) electrons. The minimum Gasteiger partial charge on any atom is -0.384 e. The number of para-hydroxylation sites is 1. The molecule has 16 heavy (non-hydrogen) atoms. The van der Waals surface area contributed by atoms with E-state index in [0.717, 1.165) is 23.1 Å². The van der Waals surface area contributed by atoms with Gasteiger partial charge in [-0.3, -0.25) is 4.98 Å². The van der Waals surface area contributed by atoms with E-state index in [2.05, 4.69) is 16.4 Å². The van der Waals surface area contributed by atoms with Crippen molar-refractivity contribution in [2.75, 3.05) is 11.9 Å². The highest BCUT2D eigenvalue weighted by Crippen LogP contribution is 2.29. The quantitative estimate of drug-likeness (QED) is 0.864. The van der Waals surface area contributed by atoms with Gasteiger partial charge in [0.15, 0.2) is 0 Å². The topological polar surface area (TPSA) is 48.7 Å². The zero-order chi connectivity index (χ0) is 11.5. The Kier molecular flexibility index (Phi) is 2.93. The van der Waals surface area contributed by atoms with Gasteiger partial charge in [0.2, 0.25) is 0 Å². The normalized spacial score (nSPS) is 10.1. The van der Waals surface area contributed by atoms with Gasteiger partial charge in [-0.15, -0.1) is 0 Å². The Bertz CT molecular complexity index is 572. The van der Waals surface area contributed by atoms with Crippen LogP contribution in [0.25, 0.3) is 10.9 Å². The Morgan fingerprint density at radius 1 is 1.50 bits per heavy atom. The Morgan fingerprint density at radius 2 is 2.31 bits per heavy atom. The molecule has 1 aromatic carbocycles. The van der Waals surface area contributed by atoms with E-state index in [1.165, 1.54) is 0 Å². The summed E-state index contributed by atoms with van der Waals surface area (Å²) >= 11 is 6.05. The standard InChI is InChI=1S/C12H10ClN3/c1-2-15-11-8(6-14)7-16-12-9(11)4-3-5-10(12)13/h3-5,7H,2H2,1H3,(H,15,16). The van der Waals surface area contributed by atoms with Crippen LogP contribution in [0.3, 0.4) is 0 Å². The van der Waals surface area contributed by atoms with Gasteiger partial charge in [-0.2, -0.15) is 5.26 Å². The van der Waals surface area contributed by atoms with Gasteiger partial charge in [0.1, 0.15) is 6.07 Å². The monoisotopic (exact) mass is 231 g/mol. The van der Waals surface area contributed by atoms with Crippen molar-refractivity contribution in [3.63, 3.8) is 0 Å². The highest BCUT2D eigenvalue weighted by Gasteiger charge is 2.09. The average molecular weight is 232 g/mol. The SMILES string of the molecule is CCNc1c(C#N)cnc2c(Cl)cccc12. The summed E-state index contributed by atoms with van der Waals surface area (Å²) < 4.78 is 0. The number of hydrogen-bond donors (Lipinski definition) is 1. The van der Waals surface area contributed by atoms with Gasteiger partial charge in [-0.05, 0) is 13.0 Å². The van der Waals surface area contributed by atoms with Gasteiger partial charge in [0.25, 0.3) is 0 Å². The Balaban J connectivity index is 2.80. The minimum absolute atomic E-state index is 0.539. The molecule has 0 aliphatic heterocycles. The van der Waals surface area contributed by atoms with E-state index in [9.17, 15) is 0 Å². The van der Waals surface area contributed by atoms with Crippen molar-refractivity contribution in [2.24, 2.45) is 0 Å². The molecule has 0 saturated heterocycles. The summed E-state index contributed by atoms with van der Waals surface area (Å²) in [6.45, 7) is 2.73. The lowest BCUT2D eigenvalue weighted by Crippen LogP contribution is -2.01. The van der Waals surface area contributed by atoms with Gasteiger partial charge in [-0.25, -0.2) is 0 Å². The molecule has 2 aromatic rings. The number of anilines is 1. The van der Waals surface area contributed by atoms with Gasteiger partial charge < -0.3 is 5.32 Å². The lowest BCUT2D eigenvalue weighted by atomic mass is 10.1. The van der Waals surface area contributed by atoms with Gasteiger partial charge in [0.05, 0.1) is 21.8 Å². The van der Waals surface area contributed by atoms with E-state index in [1.54, 1.807) is 12.3 Å². The Morgan fingerprint density at radius 3 is 3.00 bits per heavy atom. The smallest absolute Gasteiger partial charge is 0.103 e. The average Bonchev–Trinajstić information content (AvgIpc) is 2.30. The molecule has 0 unspecified atom stereocenters. The maximum absolute atomic E-state index is 9.01. The van der Waals surface area contributed by atoms with Gasteiger partial charge in [0, 0.05) is 18.1 Å². The summed E-state index contributed by atoms with van der Waals surface area (Å²) in [7, 11) is 0. The van der Waals surface area contributed by atoms with Crippen LogP contribution in [0.1, 0.15) is 12.5 Å². The molecule has 0 spiro atoms. The van der Waals surface area contributed by atoms with Crippen molar-refractivity contribution in [3.8, 4) is 6.07 Å². The van der Waals surface area contributed by atoms with E-state index in [1.807, 2.05) is 19.1 Å². The fourth-order valence-corrected chi connectivity index (χ4v) is 1.86. The maximum atomic E-state index is 9.01. The Hall–Kier alpha value is -1.79. The molecule has 1 heterocycles. The van der Waals surface area contributed by atoms with Crippen LogP contribution >= 0.6 is 11.6 Å². The number of pyridine rings is 1. The molecule has 80 valence electrons. The second kappa shape index (κ2) is 4.38. The molecule has 0 fully saturated rings. The van der Waals surface area contributed by atoms with Crippen LogP contribution in [0.15, 0.2) is 24.4 Å². The summed E-state index contributed by atoms with van der Waals surface area (Å²) in [4.78, 5) is 4.20. The molecule has 3 nitrogen and oxygen atoms in total. The number of nitrogens with zero attached hydrogens (tertiary/aromatic N) is 2. The summed E-state index contributed by atoms with van der Waals surface area (Å²) in [6.07, 6.45) is 1.55.